The third-order valence-electron chi connectivity index (χ3n) is 1.54. The fourth-order valence-corrected chi connectivity index (χ4v) is 0.878. The first-order valence-electron chi connectivity index (χ1n) is 3.76. The number of aldehydes is 1. The molecule has 0 saturated heterocycles. The zero-order valence-electron chi connectivity index (χ0n) is 7.14. The molecule has 6 heteroatoms. The third-order valence-corrected chi connectivity index (χ3v) is 1.54. The van der Waals surface area contributed by atoms with Gasteiger partial charge in [0.15, 0.2) is 0 Å². The number of H-pyrrole nitrogens is 1. The molecule has 0 aliphatic carbocycles. The van der Waals surface area contributed by atoms with Gasteiger partial charge in [-0.2, -0.15) is 0 Å². The van der Waals surface area contributed by atoms with Crippen LogP contribution in [0.3, 0.4) is 0 Å². The lowest BCUT2D eigenvalue weighted by Gasteiger charge is -1.98. The quantitative estimate of drug-likeness (QED) is 0.464. The molecule has 0 atom stereocenters. The number of aromatic nitrogens is 2. The van der Waals surface area contributed by atoms with Crippen LogP contribution in [0.25, 0.3) is 6.20 Å². The molecule has 0 saturated carbocycles. The zero-order chi connectivity index (χ0) is 10.6. The number of aliphatic hydroxyl groups is 1. The number of allylic oxidation sites excluding steroid dienone is 1. The minimum absolute atomic E-state index is 0.0557. The monoisotopic (exact) mass is 196 g/mol. The van der Waals surface area contributed by atoms with Gasteiger partial charge in [-0.15, -0.1) is 0 Å². The highest BCUT2D eigenvalue weighted by Crippen LogP contribution is 1.87. The van der Waals surface area contributed by atoms with Gasteiger partial charge in [0.05, 0.1) is 12.2 Å². The molecule has 6 nitrogen and oxygen atoms in total. The Kier molecular flexibility index (Phi) is 3.14. The van der Waals surface area contributed by atoms with Crippen LogP contribution in [0.15, 0.2) is 21.9 Å². The van der Waals surface area contributed by atoms with Crippen LogP contribution in [0.2, 0.25) is 0 Å². The summed E-state index contributed by atoms with van der Waals surface area (Å²) >= 11 is 0. The molecule has 0 fully saturated rings. The van der Waals surface area contributed by atoms with Gasteiger partial charge < -0.3 is 5.11 Å². The minimum atomic E-state index is -0.662. The predicted octanol–water partition coefficient (Wildman–Crippen LogP) is -1.30. The van der Waals surface area contributed by atoms with E-state index in [9.17, 15) is 14.4 Å². The van der Waals surface area contributed by atoms with Crippen molar-refractivity contribution in [3.63, 3.8) is 0 Å². The average Bonchev–Trinajstić information content (AvgIpc) is 2.17. The van der Waals surface area contributed by atoms with Crippen LogP contribution in [0.1, 0.15) is 5.56 Å². The van der Waals surface area contributed by atoms with E-state index in [1.165, 1.54) is 12.4 Å². The van der Waals surface area contributed by atoms with Crippen molar-refractivity contribution in [3.05, 3.63) is 38.7 Å². The number of carbonyl (C=O) groups is 1. The van der Waals surface area contributed by atoms with Crippen molar-refractivity contribution in [2.75, 3.05) is 0 Å². The molecule has 1 aromatic rings. The Labute approximate surface area is 78.1 Å². The van der Waals surface area contributed by atoms with Crippen LogP contribution >= 0.6 is 0 Å². The predicted molar refractivity (Wildman–Crippen MR) is 48.6 cm³/mol. The van der Waals surface area contributed by atoms with Gasteiger partial charge in [0.2, 0.25) is 0 Å². The molecule has 0 radical (unpaired) electrons. The molecule has 0 aliphatic heterocycles. The highest BCUT2D eigenvalue weighted by Gasteiger charge is 2.00. The molecule has 0 aromatic carbocycles. The molecule has 1 heterocycles. The number of rotatable bonds is 3. The van der Waals surface area contributed by atoms with Gasteiger partial charge >= 0.3 is 5.69 Å². The van der Waals surface area contributed by atoms with Gasteiger partial charge in [-0.1, -0.05) is 0 Å². The molecular formula is C8H8N2O4. The smallest absolute Gasteiger partial charge is 0.332 e. The van der Waals surface area contributed by atoms with E-state index in [0.29, 0.717) is 6.29 Å². The molecule has 2 N–H and O–H groups in total. The molecule has 0 aliphatic rings. The fourth-order valence-electron chi connectivity index (χ4n) is 0.878. The van der Waals surface area contributed by atoms with Crippen LogP contribution in [-0.4, -0.2) is 20.9 Å². The summed E-state index contributed by atoms with van der Waals surface area (Å²) in [5.74, 6) is 0. The highest BCUT2D eigenvalue weighted by atomic mass is 16.3. The van der Waals surface area contributed by atoms with E-state index < -0.39 is 17.9 Å². The first-order valence-corrected chi connectivity index (χ1v) is 3.76. The summed E-state index contributed by atoms with van der Waals surface area (Å²) in [7, 11) is 0. The second kappa shape index (κ2) is 4.33. The Hall–Kier alpha value is -1.95. The summed E-state index contributed by atoms with van der Waals surface area (Å²) < 4.78 is 1.00. The summed E-state index contributed by atoms with van der Waals surface area (Å²) in [5.41, 5.74) is -1.24. The van der Waals surface area contributed by atoms with Crippen LogP contribution in [0.5, 0.6) is 0 Å². The molecule has 1 aromatic heterocycles. The summed E-state index contributed by atoms with van der Waals surface area (Å²) in [4.78, 5) is 34.0. The molecule has 1 rings (SSSR count). The number of hydrogen-bond acceptors (Lipinski definition) is 4. The fraction of sp³-hybridized carbons (Fsp3) is 0.125. The van der Waals surface area contributed by atoms with E-state index in [-0.39, 0.29) is 5.56 Å². The maximum atomic E-state index is 11.1. The summed E-state index contributed by atoms with van der Waals surface area (Å²) in [6.45, 7) is -0.468. The molecule has 0 bridgehead atoms. The second-order valence-corrected chi connectivity index (χ2v) is 2.46. The standard InChI is InChI=1S/C8H8N2O4/c11-3-1-2-10-4-6(5-12)7(13)9-8(10)14/h1-4,12H,5H2,(H,9,13,14)/b2-1+. The Balaban J connectivity index is 3.31. The number of aliphatic hydroxyl groups excluding tert-OH is 1. The second-order valence-electron chi connectivity index (χ2n) is 2.46. The Morgan fingerprint density at radius 2 is 2.21 bits per heavy atom. The van der Waals surface area contributed by atoms with Crippen molar-refractivity contribution in [2.24, 2.45) is 0 Å². The van der Waals surface area contributed by atoms with E-state index in [0.717, 1.165) is 10.6 Å². The van der Waals surface area contributed by atoms with Gasteiger partial charge in [0.1, 0.15) is 6.29 Å². The van der Waals surface area contributed by atoms with E-state index in [4.69, 9.17) is 5.11 Å². The number of aromatic amines is 1. The van der Waals surface area contributed by atoms with Gasteiger partial charge in [-0.05, 0) is 6.08 Å². The van der Waals surface area contributed by atoms with E-state index in [2.05, 4.69) is 0 Å². The molecule has 0 amide bonds. The van der Waals surface area contributed by atoms with Crippen molar-refractivity contribution in [2.45, 2.75) is 6.61 Å². The first kappa shape index (κ1) is 10.1. The summed E-state index contributed by atoms with van der Waals surface area (Å²) in [6.07, 6.45) is 3.95. The van der Waals surface area contributed by atoms with Crippen LogP contribution in [0.4, 0.5) is 0 Å². The maximum absolute atomic E-state index is 11.1. The molecule has 74 valence electrons. The summed E-state index contributed by atoms with van der Waals surface area (Å²) in [5, 5.41) is 8.73. The van der Waals surface area contributed by atoms with Crippen LogP contribution in [0, 0.1) is 0 Å². The lowest BCUT2D eigenvalue weighted by Crippen LogP contribution is -2.29. The highest BCUT2D eigenvalue weighted by molar-refractivity contribution is 5.69. The molecule has 14 heavy (non-hydrogen) atoms. The number of hydrogen-bond donors (Lipinski definition) is 2. The van der Waals surface area contributed by atoms with Gasteiger partial charge in [-0.3, -0.25) is 19.1 Å². The Morgan fingerprint density at radius 3 is 2.79 bits per heavy atom. The number of carbonyl (C=O) groups excluding carboxylic acids is 1. The van der Waals surface area contributed by atoms with E-state index in [1.54, 1.807) is 0 Å². The van der Waals surface area contributed by atoms with Crippen molar-refractivity contribution < 1.29 is 9.90 Å². The van der Waals surface area contributed by atoms with E-state index >= 15 is 0 Å². The lowest BCUT2D eigenvalue weighted by molar-refractivity contribution is -0.104. The molecule has 0 spiro atoms. The van der Waals surface area contributed by atoms with Crippen molar-refractivity contribution >= 4 is 12.5 Å². The van der Waals surface area contributed by atoms with Crippen molar-refractivity contribution in [1.29, 1.82) is 0 Å². The Morgan fingerprint density at radius 1 is 1.50 bits per heavy atom. The number of nitrogens with one attached hydrogen (secondary N) is 1. The molecule has 0 unspecified atom stereocenters. The maximum Gasteiger partial charge on any atom is 0.332 e. The largest absolute Gasteiger partial charge is 0.391 e. The average molecular weight is 196 g/mol. The first-order chi connectivity index (χ1) is 6.69. The van der Waals surface area contributed by atoms with E-state index in [1.807, 2.05) is 4.98 Å². The Bertz CT molecular complexity index is 469. The number of nitrogens with zero attached hydrogens (tertiary/aromatic N) is 1. The normalized spacial score (nSPS) is 10.6. The zero-order valence-corrected chi connectivity index (χ0v) is 7.14. The van der Waals surface area contributed by atoms with Crippen LogP contribution < -0.4 is 11.2 Å². The minimum Gasteiger partial charge on any atom is -0.391 e. The summed E-state index contributed by atoms with van der Waals surface area (Å²) in [6, 6.07) is 0. The topological polar surface area (TPSA) is 92.2 Å². The third kappa shape index (κ3) is 2.05. The van der Waals surface area contributed by atoms with Crippen LogP contribution in [-0.2, 0) is 11.4 Å². The van der Waals surface area contributed by atoms with Crippen molar-refractivity contribution in [3.8, 4) is 0 Å². The lowest BCUT2D eigenvalue weighted by atomic mass is 10.3. The van der Waals surface area contributed by atoms with Gasteiger partial charge in [-0.25, -0.2) is 4.79 Å². The van der Waals surface area contributed by atoms with Gasteiger partial charge in [0, 0.05) is 12.4 Å². The van der Waals surface area contributed by atoms with Crippen molar-refractivity contribution in [1.82, 2.24) is 9.55 Å². The SMILES string of the molecule is O=C/C=C/n1cc(CO)c(=O)[nH]c1=O. The molecular weight excluding hydrogens is 188 g/mol. The van der Waals surface area contributed by atoms with Gasteiger partial charge in [0.25, 0.3) is 5.56 Å².